The zero-order chi connectivity index (χ0) is 27.5. The van der Waals surface area contributed by atoms with Crippen LogP contribution in [0.1, 0.15) is 29.5 Å². The Morgan fingerprint density at radius 1 is 0.821 bits per heavy atom. The van der Waals surface area contributed by atoms with E-state index in [0.29, 0.717) is 24.4 Å². The van der Waals surface area contributed by atoms with E-state index in [4.69, 9.17) is 18.9 Å². The number of carbonyl (C=O) groups is 3. The fourth-order valence-electron chi connectivity index (χ4n) is 4.15. The molecule has 1 atom stereocenters. The molecule has 0 aliphatic carbocycles. The Morgan fingerprint density at radius 3 is 2.10 bits per heavy atom. The van der Waals surface area contributed by atoms with Crippen LogP contribution in [0.15, 0.2) is 78.9 Å². The molecule has 9 nitrogen and oxygen atoms in total. The molecular formula is C30H32N2O7. The first-order chi connectivity index (χ1) is 19.0. The van der Waals surface area contributed by atoms with Gasteiger partial charge in [0.15, 0.2) is 11.5 Å². The molecule has 1 aliphatic rings. The summed E-state index contributed by atoms with van der Waals surface area (Å²) in [5.41, 5.74) is 2.41. The van der Waals surface area contributed by atoms with Crippen LogP contribution in [0.5, 0.6) is 11.5 Å². The molecule has 0 bridgehead atoms. The predicted molar refractivity (Wildman–Crippen MR) is 143 cm³/mol. The summed E-state index contributed by atoms with van der Waals surface area (Å²) in [6, 6.07) is 22.9. The van der Waals surface area contributed by atoms with Crippen LogP contribution in [0, 0.1) is 0 Å². The third-order valence-electron chi connectivity index (χ3n) is 6.24. The number of amides is 2. The molecule has 0 aromatic heterocycles. The van der Waals surface area contributed by atoms with Gasteiger partial charge in [0.05, 0.1) is 7.11 Å². The van der Waals surface area contributed by atoms with E-state index in [1.54, 1.807) is 23.1 Å². The number of carbonyl (C=O) groups excluding carboxylic acids is 3. The van der Waals surface area contributed by atoms with Crippen LogP contribution < -0.4 is 14.8 Å². The van der Waals surface area contributed by atoms with Crippen molar-refractivity contribution in [3.63, 3.8) is 0 Å². The van der Waals surface area contributed by atoms with Gasteiger partial charge in [-0.25, -0.2) is 14.4 Å². The molecule has 1 heterocycles. The average Bonchev–Trinajstić information content (AvgIpc) is 3.51. The average molecular weight is 533 g/mol. The van der Waals surface area contributed by atoms with Crippen LogP contribution in [-0.2, 0) is 33.9 Å². The number of alkyl carbamates (subject to hydrolysis) is 1. The van der Waals surface area contributed by atoms with Gasteiger partial charge < -0.3 is 29.2 Å². The van der Waals surface area contributed by atoms with Gasteiger partial charge in [-0.2, -0.15) is 0 Å². The van der Waals surface area contributed by atoms with Crippen LogP contribution in [0.2, 0.25) is 0 Å². The number of hydrogen-bond acceptors (Lipinski definition) is 7. The number of benzene rings is 3. The summed E-state index contributed by atoms with van der Waals surface area (Å²) in [5, 5.41) is 2.57. The second-order valence-electron chi connectivity index (χ2n) is 9.10. The van der Waals surface area contributed by atoms with Crippen LogP contribution in [0.25, 0.3) is 0 Å². The maximum Gasteiger partial charge on any atom is 0.415 e. The highest BCUT2D eigenvalue weighted by Gasteiger charge is 2.25. The Bertz CT molecular complexity index is 1240. The Balaban J connectivity index is 1.47. The molecule has 1 N–H and O–H groups in total. The monoisotopic (exact) mass is 532 g/mol. The molecule has 3 aromatic carbocycles. The first-order valence-corrected chi connectivity index (χ1v) is 12.8. The van der Waals surface area contributed by atoms with Crippen molar-refractivity contribution >= 4 is 18.2 Å². The summed E-state index contributed by atoms with van der Waals surface area (Å²) in [6.07, 6.45) is 0.734. The minimum Gasteiger partial charge on any atom is -0.485 e. The molecule has 0 spiro atoms. The van der Waals surface area contributed by atoms with E-state index in [9.17, 15) is 14.4 Å². The summed E-state index contributed by atoms with van der Waals surface area (Å²) in [7, 11) is 1.25. The molecule has 1 aliphatic heterocycles. The largest absolute Gasteiger partial charge is 0.485 e. The molecular weight excluding hydrogens is 500 g/mol. The van der Waals surface area contributed by atoms with Gasteiger partial charge in [-0.05, 0) is 41.7 Å². The van der Waals surface area contributed by atoms with Gasteiger partial charge in [-0.1, -0.05) is 66.7 Å². The fourth-order valence-corrected chi connectivity index (χ4v) is 4.15. The maximum absolute atomic E-state index is 12.8. The molecule has 0 saturated carbocycles. The minimum atomic E-state index is -1.02. The number of likely N-dealkylation sites (tertiary alicyclic amines) is 1. The van der Waals surface area contributed by atoms with Crippen molar-refractivity contribution in [3.05, 3.63) is 95.6 Å². The number of hydrogen-bond donors (Lipinski definition) is 1. The second kappa shape index (κ2) is 13.9. The van der Waals surface area contributed by atoms with E-state index in [2.05, 4.69) is 5.32 Å². The molecule has 39 heavy (non-hydrogen) atoms. The van der Waals surface area contributed by atoms with E-state index in [0.717, 1.165) is 24.0 Å². The van der Waals surface area contributed by atoms with E-state index in [1.165, 1.54) is 7.11 Å². The molecule has 1 fully saturated rings. The van der Waals surface area contributed by atoms with Gasteiger partial charge in [-0.3, -0.25) is 0 Å². The van der Waals surface area contributed by atoms with Crippen LogP contribution >= 0.6 is 0 Å². The number of methoxy groups -OCH3 is 1. The molecule has 2 amide bonds. The summed E-state index contributed by atoms with van der Waals surface area (Å²) in [6.45, 7) is 1.62. The lowest BCUT2D eigenvalue weighted by Crippen LogP contribution is -2.43. The predicted octanol–water partition coefficient (Wildman–Crippen LogP) is 4.87. The Hall–Kier alpha value is -4.53. The van der Waals surface area contributed by atoms with Crippen molar-refractivity contribution < 1.29 is 33.3 Å². The van der Waals surface area contributed by atoms with E-state index in [-0.39, 0.29) is 25.4 Å². The lowest BCUT2D eigenvalue weighted by molar-refractivity contribution is -0.143. The molecule has 3 aromatic rings. The third-order valence-corrected chi connectivity index (χ3v) is 6.24. The second-order valence-corrected chi connectivity index (χ2v) is 9.10. The number of esters is 1. The quantitative estimate of drug-likeness (QED) is 0.372. The van der Waals surface area contributed by atoms with Gasteiger partial charge in [0.1, 0.15) is 19.3 Å². The highest BCUT2D eigenvalue weighted by atomic mass is 16.6. The first kappa shape index (κ1) is 27.5. The van der Waals surface area contributed by atoms with Crippen molar-refractivity contribution in [1.29, 1.82) is 0 Å². The Morgan fingerprint density at radius 2 is 1.46 bits per heavy atom. The van der Waals surface area contributed by atoms with Crippen LogP contribution in [0.4, 0.5) is 9.59 Å². The van der Waals surface area contributed by atoms with Crippen molar-refractivity contribution in [1.82, 2.24) is 10.2 Å². The summed E-state index contributed by atoms with van der Waals surface area (Å²) < 4.78 is 21.9. The number of rotatable bonds is 10. The van der Waals surface area contributed by atoms with Crippen LogP contribution in [0.3, 0.4) is 0 Å². The van der Waals surface area contributed by atoms with Crippen molar-refractivity contribution in [2.75, 3.05) is 20.2 Å². The fraction of sp³-hybridized carbons (Fsp3) is 0.300. The highest BCUT2D eigenvalue weighted by Crippen LogP contribution is 2.31. The van der Waals surface area contributed by atoms with Crippen molar-refractivity contribution in [2.24, 2.45) is 0 Å². The minimum absolute atomic E-state index is 0.0601. The Labute approximate surface area is 227 Å². The van der Waals surface area contributed by atoms with Gasteiger partial charge in [-0.15, -0.1) is 0 Å². The van der Waals surface area contributed by atoms with E-state index in [1.807, 2.05) is 60.7 Å². The lowest BCUT2D eigenvalue weighted by atomic mass is 10.1. The lowest BCUT2D eigenvalue weighted by Gasteiger charge is -2.19. The first-order valence-electron chi connectivity index (χ1n) is 12.8. The smallest absolute Gasteiger partial charge is 0.415 e. The number of nitrogens with zero attached hydrogens (tertiary/aromatic N) is 1. The SMILES string of the molecule is COC(=O)[C@H](Cc1ccc(OCc2ccccc2)c(OC(=O)N2CCCC2)c1)NC(=O)OCc1ccccc1. The summed E-state index contributed by atoms with van der Waals surface area (Å²) in [5.74, 6) is -0.0118. The number of nitrogens with one attached hydrogen (secondary N) is 1. The zero-order valence-electron chi connectivity index (χ0n) is 21.8. The molecule has 1 saturated heterocycles. The van der Waals surface area contributed by atoms with Gasteiger partial charge >= 0.3 is 18.2 Å². The van der Waals surface area contributed by atoms with Gasteiger partial charge in [0, 0.05) is 19.5 Å². The third kappa shape index (κ3) is 8.23. The van der Waals surface area contributed by atoms with E-state index < -0.39 is 24.2 Å². The standard InChI is InChI=1S/C30H32N2O7/c1-36-28(33)25(31-29(34)38-21-23-12-6-3-7-13-23)18-24-14-15-26(37-20-22-10-4-2-5-11-22)27(19-24)39-30(35)32-16-8-9-17-32/h2-7,10-15,19,25H,8-9,16-18,20-21H2,1H3,(H,31,34)/t25-/m0/s1. The Kier molecular flexibility index (Phi) is 9.77. The number of ether oxygens (including phenoxy) is 4. The molecule has 0 radical (unpaired) electrons. The maximum atomic E-state index is 12.8. The topological polar surface area (TPSA) is 103 Å². The summed E-state index contributed by atoms with van der Waals surface area (Å²) >= 11 is 0. The zero-order valence-corrected chi connectivity index (χ0v) is 21.8. The highest BCUT2D eigenvalue weighted by molar-refractivity contribution is 5.81. The molecule has 204 valence electrons. The van der Waals surface area contributed by atoms with E-state index >= 15 is 0 Å². The van der Waals surface area contributed by atoms with Gasteiger partial charge in [0.25, 0.3) is 0 Å². The van der Waals surface area contributed by atoms with Crippen LogP contribution in [-0.4, -0.2) is 49.3 Å². The molecule has 4 rings (SSSR count). The molecule has 9 heteroatoms. The normalized spacial score (nSPS) is 13.3. The molecule has 0 unspecified atom stereocenters. The summed E-state index contributed by atoms with van der Waals surface area (Å²) in [4.78, 5) is 39.3. The van der Waals surface area contributed by atoms with Crippen molar-refractivity contribution in [2.45, 2.75) is 38.5 Å². The van der Waals surface area contributed by atoms with Gasteiger partial charge in [0.2, 0.25) is 0 Å². The van der Waals surface area contributed by atoms with Crippen molar-refractivity contribution in [3.8, 4) is 11.5 Å².